The molecule has 1 aliphatic carbocycles. The van der Waals surface area contributed by atoms with Crippen molar-refractivity contribution < 1.29 is 61.5 Å². The molecule has 0 spiro atoms. The predicted octanol–water partition coefficient (Wildman–Crippen LogP) is 7.88. The molecule has 1 aliphatic rings. The number of pyridine rings is 3. The summed E-state index contributed by atoms with van der Waals surface area (Å²) in [5.41, 5.74) is -22.6. The average Bonchev–Trinajstić information content (AvgIpc) is 3.70. The number of hydrogen-bond donors (Lipinski definition) is 0. The van der Waals surface area contributed by atoms with Crippen LogP contribution in [0.15, 0.2) is 16.7 Å². The molecule has 0 aromatic carbocycles. The molecule has 20 heteroatoms. The summed E-state index contributed by atoms with van der Waals surface area (Å²) in [4.78, 5) is 7.64. The fourth-order valence-corrected chi connectivity index (χ4v) is 4.48. The third-order valence-corrected chi connectivity index (χ3v) is 6.55. The molecule has 1 saturated carbocycles. The topological polar surface area (TPSA) is 110 Å². The van der Waals surface area contributed by atoms with Crippen molar-refractivity contribution in [1.29, 1.82) is 15.8 Å². The van der Waals surface area contributed by atoms with E-state index in [1.165, 1.54) is 0 Å². The van der Waals surface area contributed by atoms with E-state index < -0.39 is 132 Å². The highest BCUT2D eigenvalue weighted by molar-refractivity contribution is 6.12. The first kappa shape index (κ1) is 35.0. The molecule has 0 atom stereocenters. The van der Waals surface area contributed by atoms with Crippen molar-refractivity contribution in [3.05, 3.63) is 103 Å². The van der Waals surface area contributed by atoms with Gasteiger partial charge in [0.05, 0.1) is 44.8 Å². The Morgan fingerprint density at radius 3 is 1.10 bits per heavy atom. The lowest BCUT2D eigenvalue weighted by Crippen LogP contribution is -2.16. The Bertz CT molecular complexity index is 2050. The quantitative estimate of drug-likeness (QED) is 0.157. The molecular formula is C28H6F14N6. The van der Waals surface area contributed by atoms with Gasteiger partial charge in [-0.05, 0) is 13.8 Å². The molecule has 0 saturated heterocycles. The van der Waals surface area contributed by atoms with Gasteiger partial charge in [-0.1, -0.05) is 0 Å². The van der Waals surface area contributed by atoms with Crippen molar-refractivity contribution in [2.45, 2.75) is 26.2 Å². The summed E-state index contributed by atoms with van der Waals surface area (Å²) in [6, 6.07) is 2.99. The molecule has 3 aromatic rings. The maximum Gasteiger partial charge on any atom is 0.436 e. The summed E-state index contributed by atoms with van der Waals surface area (Å²) < 4.78 is 200. The Morgan fingerprint density at radius 1 is 0.458 bits per heavy atom. The van der Waals surface area contributed by atoms with E-state index in [0.717, 1.165) is 25.1 Å². The van der Waals surface area contributed by atoms with Crippen LogP contribution in [0.1, 0.15) is 39.5 Å². The smallest absolute Gasteiger partial charge is 0.243 e. The normalized spacial score (nSPS) is 16.2. The molecule has 0 amide bonds. The molecule has 6 nitrogen and oxygen atoms in total. The molecular weight excluding hydrogens is 686 g/mol. The Labute approximate surface area is 256 Å². The molecule has 0 bridgehead atoms. The van der Waals surface area contributed by atoms with Crippen LogP contribution in [0.2, 0.25) is 0 Å². The summed E-state index contributed by atoms with van der Waals surface area (Å²) in [6.45, 7) is 1.26. The second-order valence-corrected chi connectivity index (χ2v) is 9.37. The average molecular weight is 692 g/mol. The zero-order chi connectivity index (χ0) is 36.4. The molecule has 3 aromatic heterocycles. The van der Waals surface area contributed by atoms with Gasteiger partial charge >= 0.3 is 12.4 Å². The van der Waals surface area contributed by atoms with Crippen LogP contribution in [0.4, 0.5) is 61.5 Å². The van der Waals surface area contributed by atoms with Crippen LogP contribution in [-0.4, -0.2) is 15.0 Å². The van der Waals surface area contributed by atoms with Crippen LogP contribution in [0.5, 0.6) is 0 Å². The molecule has 0 aliphatic heterocycles. The number of rotatable bonds is 3. The van der Waals surface area contributed by atoms with Gasteiger partial charge in [-0.15, -0.1) is 0 Å². The summed E-state index contributed by atoms with van der Waals surface area (Å²) in [5.74, 6) is -19.0. The minimum Gasteiger partial charge on any atom is -0.243 e. The van der Waals surface area contributed by atoms with Gasteiger partial charge in [-0.25, -0.2) is 41.3 Å². The second-order valence-electron chi connectivity index (χ2n) is 9.37. The molecule has 1 fully saturated rings. The number of aryl methyl sites for hydroxylation is 2. The number of nitriles is 3. The summed E-state index contributed by atoms with van der Waals surface area (Å²) in [6.07, 6.45) is -11.6. The maximum absolute atomic E-state index is 15.2. The minimum atomic E-state index is -5.89. The first-order valence-electron chi connectivity index (χ1n) is 12.2. The monoisotopic (exact) mass is 692 g/mol. The van der Waals surface area contributed by atoms with Crippen LogP contribution in [-0.2, 0) is 12.4 Å². The Hall–Kier alpha value is -5.84. The molecule has 0 radical (unpaired) electrons. The Kier molecular flexibility index (Phi) is 8.57. The van der Waals surface area contributed by atoms with E-state index in [1.807, 2.05) is 0 Å². The van der Waals surface area contributed by atoms with E-state index in [-0.39, 0.29) is 0 Å². The fraction of sp³-hybridized carbons (Fsp3) is 0.143. The van der Waals surface area contributed by atoms with Crippen molar-refractivity contribution in [3.8, 4) is 18.2 Å². The Balaban J connectivity index is 2.36. The number of aromatic nitrogens is 3. The molecule has 0 N–H and O–H groups in total. The van der Waals surface area contributed by atoms with Gasteiger partial charge in [0.15, 0.2) is 46.3 Å². The lowest BCUT2D eigenvalue weighted by atomic mass is 10.0. The zero-order valence-corrected chi connectivity index (χ0v) is 23.0. The van der Waals surface area contributed by atoms with Gasteiger partial charge in [-0.3, -0.25) is 0 Å². The van der Waals surface area contributed by atoms with Crippen LogP contribution < -0.4 is 0 Å². The van der Waals surface area contributed by atoms with E-state index in [9.17, 15) is 59.7 Å². The largest absolute Gasteiger partial charge is 0.436 e. The van der Waals surface area contributed by atoms with Crippen LogP contribution in [0, 0.1) is 94.6 Å². The first-order chi connectivity index (χ1) is 22.1. The number of alkyl halides is 6. The highest BCUT2D eigenvalue weighted by Gasteiger charge is 2.48. The van der Waals surface area contributed by atoms with Gasteiger partial charge < -0.3 is 0 Å². The SMILES string of the molecule is Cc1nc(C(F)(F)F)c(F)c(/C(C#N)=C2/C(=C(C#N)c3c(F)c(F)nc(C(F)(F)F)c3F)/C2=C(/C#N)c2c(F)c(C)nc(F)c2F)c1F. The molecule has 4 rings (SSSR count). The number of nitrogens with zero attached hydrogens (tertiary/aromatic N) is 6. The summed E-state index contributed by atoms with van der Waals surface area (Å²) in [7, 11) is 0. The zero-order valence-electron chi connectivity index (χ0n) is 23.0. The van der Waals surface area contributed by atoms with Crippen LogP contribution >= 0.6 is 0 Å². The molecule has 0 unspecified atom stereocenters. The van der Waals surface area contributed by atoms with Crippen molar-refractivity contribution in [2.75, 3.05) is 0 Å². The molecule has 48 heavy (non-hydrogen) atoms. The van der Waals surface area contributed by atoms with Gasteiger partial charge in [0.25, 0.3) is 0 Å². The predicted molar refractivity (Wildman–Crippen MR) is 129 cm³/mol. The summed E-state index contributed by atoms with van der Waals surface area (Å²) in [5, 5.41) is 29.5. The van der Waals surface area contributed by atoms with Gasteiger partial charge in [0.1, 0.15) is 18.2 Å². The summed E-state index contributed by atoms with van der Waals surface area (Å²) >= 11 is 0. The lowest BCUT2D eigenvalue weighted by molar-refractivity contribution is -0.145. The number of hydrogen-bond acceptors (Lipinski definition) is 6. The van der Waals surface area contributed by atoms with Crippen molar-refractivity contribution in [1.82, 2.24) is 15.0 Å². The fourth-order valence-electron chi connectivity index (χ4n) is 4.48. The second kappa shape index (κ2) is 11.8. The van der Waals surface area contributed by atoms with E-state index in [4.69, 9.17) is 0 Å². The third-order valence-electron chi connectivity index (χ3n) is 6.55. The Morgan fingerprint density at radius 2 is 0.750 bits per heavy atom. The van der Waals surface area contributed by atoms with E-state index in [0.29, 0.717) is 6.92 Å². The van der Waals surface area contributed by atoms with Crippen molar-refractivity contribution in [2.24, 2.45) is 0 Å². The van der Waals surface area contributed by atoms with Crippen molar-refractivity contribution >= 4 is 16.7 Å². The maximum atomic E-state index is 15.2. The molecule has 246 valence electrons. The molecule has 3 heterocycles. The number of allylic oxidation sites excluding steroid dienone is 6. The standard InChI is InChI=1S/C28H6F14N6/c1-6-17(29)14(19(31)23(46-6)27(37,38)39)8(3-43)11-12(9(4-44)15-18(30)7(2)47-25(35)21(15)33)13(11)10(5-45)16-20(32)24(28(40,41)42)48-26(36)22(16)34/h1-2H3/b11-8+,12-9-,13-10?. The van der Waals surface area contributed by atoms with Gasteiger partial charge in [0, 0.05) is 16.7 Å². The van der Waals surface area contributed by atoms with Crippen LogP contribution in [0.25, 0.3) is 16.7 Å². The minimum absolute atomic E-state index is 0.547. The van der Waals surface area contributed by atoms with E-state index in [2.05, 4.69) is 15.0 Å². The highest BCUT2D eigenvalue weighted by atomic mass is 19.4. The third kappa shape index (κ3) is 5.46. The lowest BCUT2D eigenvalue weighted by Gasteiger charge is -2.13. The van der Waals surface area contributed by atoms with E-state index >= 15 is 17.6 Å². The number of halogens is 14. The van der Waals surface area contributed by atoms with Crippen molar-refractivity contribution in [3.63, 3.8) is 0 Å². The van der Waals surface area contributed by atoms with Gasteiger partial charge in [-0.2, -0.15) is 50.9 Å². The van der Waals surface area contributed by atoms with E-state index in [1.54, 1.807) is 0 Å². The first-order valence-corrected chi connectivity index (χ1v) is 12.2. The van der Waals surface area contributed by atoms with Gasteiger partial charge in [0.2, 0.25) is 11.9 Å². The highest BCUT2D eigenvalue weighted by Crippen LogP contribution is 2.57. The van der Waals surface area contributed by atoms with Crippen LogP contribution in [0.3, 0.4) is 0 Å².